The Morgan fingerprint density at radius 3 is 2.39 bits per heavy atom. The number of ether oxygens (including phenoxy) is 3. The molecule has 5 heterocycles. The monoisotopic (exact) mass is 449 g/mol. The minimum absolute atomic E-state index is 0.0636. The summed E-state index contributed by atoms with van der Waals surface area (Å²) in [5, 5.41) is 0. The van der Waals surface area contributed by atoms with Gasteiger partial charge in [0.15, 0.2) is 0 Å². The molecule has 2 saturated heterocycles. The largest absolute Gasteiger partial charge is 0.459 e. The summed E-state index contributed by atoms with van der Waals surface area (Å²) in [6.07, 6.45) is 6.43. The van der Waals surface area contributed by atoms with Gasteiger partial charge < -0.3 is 14.2 Å². The van der Waals surface area contributed by atoms with Gasteiger partial charge in [0.05, 0.1) is 48.6 Å². The molecule has 3 aliphatic rings. The molecule has 3 aliphatic heterocycles. The summed E-state index contributed by atoms with van der Waals surface area (Å²) in [6.45, 7) is 1.96. The third-order valence-electron chi connectivity index (χ3n) is 6.08. The van der Waals surface area contributed by atoms with Crippen molar-refractivity contribution in [3.63, 3.8) is 0 Å². The zero-order valence-electron chi connectivity index (χ0n) is 18.0. The van der Waals surface area contributed by atoms with Crippen LogP contribution >= 0.6 is 0 Å². The zero-order chi connectivity index (χ0) is 22.9. The number of aryl methyl sites for hydroxylation is 1. The van der Waals surface area contributed by atoms with Gasteiger partial charge in [0.1, 0.15) is 13.2 Å². The number of hydrogen-bond donors (Lipinski definition) is 0. The maximum absolute atomic E-state index is 12.6. The Balaban J connectivity index is 1.06. The van der Waals surface area contributed by atoms with Crippen LogP contribution in [0.25, 0.3) is 11.4 Å². The van der Waals surface area contributed by atoms with Crippen molar-refractivity contribution in [2.24, 2.45) is 11.8 Å². The van der Waals surface area contributed by atoms with Crippen molar-refractivity contribution in [3.8, 4) is 11.4 Å². The third kappa shape index (κ3) is 4.17. The van der Waals surface area contributed by atoms with E-state index < -0.39 is 17.8 Å². The number of likely N-dealkylation sites (tertiary alicyclic amines) is 1. The van der Waals surface area contributed by atoms with Crippen molar-refractivity contribution in [3.05, 3.63) is 59.9 Å². The van der Waals surface area contributed by atoms with Gasteiger partial charge in [-0.05, 0) is 42.3 Å². The number of amides is 2. The lowest BCUT2D eigenvalue weighted by Crippen LogP contribution is -2.37. The Labute approximate surface area is 190 Å². The molecule has 0 aliphatic carbocycles. The second kappa shape index (κ2) is 8.84. The molecule has 0 saturated carbocycles. The maximum Gasteiger partial charge on any atom is 0.332 e. The average Bonchev–Trinajstić information content (AvgIpc) is 3.50. The first kappa shape index (κ1) is 21.4. The van der Waals surface area contributed by atoms with Crippen LogP contribution in [0.4, 0.5) is 0 Å². The Morgan fingerprint density at radius 1 is 1.03 bits per heavy atom. The topological polar surface area (TPSA) is 108 Å². The number of imide groups is 1. The van der Waals surface area contributed by atoms with Crippen molar-refractivity contribution in [2.75, 3.05) is 19.8 Å². The normalized spacial score (nSPS) is 25.1. The van der Waals surface area contributed by atoms with Gasteiger partial charge >= 0.3 is 5.97 Å². The van der Waals surface area contributed by atoms with E-state index in [4.69, 9.17) is 14.2 Å². The summed E-state index contributed by atoms with van der Waals surface area (Å²) in [4.78, 5) is 47.0. The van der Waals surface area contributed by atoms with Gasteiger partial charge in [-0.15, -0.1) is 0 Å². The number of fused-ring (bicyclic) bond motifs is 5. The van der Waals surface area contributed by atoms with Crippen LogP contribution in [-0.4, -0.2) is 64.6 Å². The molecule has 2 fully saturated rings. The number of carbonyl (C=O) groups is 3. The summed E-state index contributed by atoms with van der Waals surface area (Å²) in [7, 11) is 0. The Kier molecular flexibility index (Phi) is 5.74. The summed E-state index contributed by atoms with van der Waals surface area (Å²) in [5.74, 6) is -1.86. The summed E-state index contributed by atoms with van der Waals surface area (Å²) in [5.41, 5.74) is 3.30. The predicted molar refractivity (Wildman–Crippen MR) is 114 cm³/mol. The molecular formula is C24H23N3O6. The zero-order valence-corrected chi connectivity index (χ0v) is 18.0. The molecule has 2 aromatic heterocycles. The number of carbonyl (C=O) groups excluding carboxylic acids is 3. The van der Waals surface area contributed by atoms with E-state index in [2.05, 4.69) is 9.97 Å². The molecule has 0 radical (unpaired) electrons. The highest BCUT2D eigenvalue weighted by Crippen LogP contribution is 2.44. The average molecular weight is 449 g/mol. The fraction of sp³-hybridized carbons (Fsp3) is 0.375. The quantitative estimate of drug-likeness (QED) is 0.258. The summed E-state index contributed by atoms with van der Waals surface area (Å²) in [6, 6.07) is 7.43. The minimum Gasteiger partial charge on any atom is -0.459 e. The second-order valence-electron chi connectivity index (χ2n) is 8.31. The van der Waals surface area contributed by atoms with Crippen LogP contribution in [0.2, 0.25) is 0 Å². The minimum atomic E-state index is -0.534. The van der Waals surface area contributed by atoms with E-state index >= 15 is 0 Å². The van der Waals surface area contributed by atoms with Crippen molar-refractivity contribution >= 4 is 17.8 Å². The summed E-state index contributed by atoms with van der Waals surface area (Å²) < 4.78 is 16.2. The molecule has 4 unspecified atom stereocenters. The lowest BCUT2D eigenvalue weighted by atomic mass is 9.85. The second-order valence-corrected chi connectivity index (χ2v) is 8.31. The molecule has 33 heavy (non-hydrogen) atoms. The van der Waals surface area contributed by atoms with Crippen molar-refractivity contribution in [2.45, 2.75) is 25.7 Å². The lowest BCUT2D eigenvalue weighted by Gasteiger charge is -2.17. The Bertz CT molecular complexity index is 1100. The van der Waals surface area contributed by atoms with Crippen LogP contribution in [-0.2, 0) is 35.2 Å². The highest BCUT2D eigenvalue weighted by molar-refractivity contribution is 6.06. The van der Waals surface area contributed by atoms with E-state index in [-0.39, 0.29) is 50.4 Å². The van der Waals surface area contributed by atoms with Crippen LogP contribution in [0.5, 0.6) is 0 Å². The molecule has 2 amide bonds. The van der Waals surface area contributed by atoms with E-state index in [9.17, 15) is 14.4 Å². The molecule has 5 rings (SSSR count). The smallest absolute Gasteiger partial charge is 0.332 e. The van der Waals surface area contributed by atoms with E-state index in [0.29, 0.717) is 5.69 Å². The predicted octanol–water partition coefficient (Wildman–Crippen LogP) is 1.45. The lowest BCUT2D eigenvalue weighted by molar-refractivity contribution is -0.150. The van der Waals surface area contributed by atoms with Crippen LogP contribution < -0.4 is 0 Å². The molecular weight excluding hydrogens is 426 g/mol. The number of aromatic nitrogens is 2. The van der Waals surface area contributed by atoms with Gasteiger partial charge in [0.2, 0.25) is 11.8 Å². The van der Waals surface area contributed by atoms with E-state index in [1.54, 1.807) is 18.5 Å². The van der Waals surface area contributed by atoms with Crippen LogP contribution in [0.3, 0.4) is 0 Å². The van der Waals surface area contributed by atoms with Crippen LogP contribution in [0.15, 0.2) is 48.8 Å². The molecule has 0 spiro atoms. The number of esters is 1. The third-order valence-corrected chi connectivity index (χ3v) is 6.08. The first-order chi connectivity index (χ1) is 16.0. The highest BCUT2D eigenvalue weighted by Gasteiger charge is 2.60. The van der Waals surface area contributed by atoms with E-state index in [1.165, 1.54) is 4.90 Å². The SMILES string of the molecule is Cc1ccnc(-c2cc(COC(=O)COCCN3C(=O)C4C5C=CC(O5)C4C3=O)ccn2)c1. The first-order valence-electron chi connectivity index (χ1n) is 10.8. The number of rotatable bonds is 8. The molecule has 2 aromatic rings. The number of hydrogen-bond acceptors (Lipinski definition) is 8. The van der Waals surface area contributed by atoms with E-state index in [1.807, 2.05) is 37.3 Å². The standard InChI is InChI=1S/C24H23N3O6/c1-14-4-6-25-16(10-14)17-11-15(5-7-26-17)12-32-20(28)13-31-9-8-27-23(29)21-18-2-3-19(33-18)22(21)24(27)30/h2-7,10-11,18-19,21-22H,8-9,12-13H2,1H3. The van der Waals surface area contributed by atoms with Crippen molar-refractivity contribution in [1.82, 2.24) is 14.9 Å². The fourth-order valence-electron chi connectivity index (χ4n) is 4.48. The van der Waals surface area contributed by atoms with Gasteiger partial charge in [-0.25, -0.2) is 4.79 Å². The van der Waals surface area contributed by atoms with Gasteiger partial charge in [-0.2, -0.15) is 0 Å². The molecule has 0 aromatic carbocycles. The van der Waals surface area contributed by atoms with Crippen LogP contribution in [0.1, 0.15) is 11.1 Å². The Morgan fingerprint density at radius 2 is 1.70 bits per heavy atom. The van der Waals surface area contributed by atoms with Crippen molar-refractivity contribution in [1.29, 1.82) is 0 Å². The number of pyridine rings is 2. The first-order valence-corrected chi connectivity index (χ1v) is 10.8. The number of nitrogens with zero attached hydrogens (tertiary/aromatic N) is 3. The summed E-state index contributed by atoms with van der Waals surface area (Å²) >= 11 is 0. The molecule has 9 heteroatoms. The maximum atomic E-state index is 12.6. The molecule has 0 N–H and O–H groups in total. The molecule has 170 valence electrons. The van der Waals surface area contributed by atoms with Gasteiger partial charge in [0, 0.05) is 12.4 Å². The molecule has 2 bridgehead atoms. The van der Waals surface area contributed by atoms with Crippen LogP contribution in [0, 0.1) is 18.8 Å². The molecule has 4 atom stereocenters. The van der Waals surface area contributed by atoms with Gasteiger partial charge in [-0.1, -0.05) is 12.2 Å². The highest BCUT2D eigenvalue weighted by atomic mass is 16.6. The van der Waals surface area contributed by atoms with E-state index in [0.717, 1.165) is 16.8 Å². The van der Waals surface area contributed by atoms with Gasteiger partial charge in [-0.3, -0.25) is 24.5 Å². The molecule has 9 nitrogen and oxygen atoms in total. The fourth-order valence-corrected chi connectivity index (χ4v) is 4.48. The van der Waals surface area contributed by atoms with Crippen molar-refractivity contribution < 1.29 is 28.6 Å². The Hall–Kier alpha value is -3.43. The van der Waals surface area contributed by atoms with Gasteiger partial charge in [0.25, 0.3) is 0 Å².